The third-order valence-electron chi connectivity index (χ3n) is 6.75. The number of nitrogens with zero attached hydrogens (tertiary/aromatic N) is 3. The molecule has 0 bridgehead atoms. The van der Waals surface area contributed by atoms with Crippen LogP contribution in [0.5, 0.6) is 0 Å². The van der Waals surface area contributed by atoms with Gasteiger partial charge >= 0.3 is 0 Å². The fourth-order valence-corrected chi connectivity index (χ4v) is 5.15. The Hall–Kier alpha value is -4.83. The molecule has 7 rings (SSSR count). The van der Waals surface area contributed by atoms with Crippen LogP contribution in [0.15, 0.2) is 137 Å². The largest absolute Gasteiger partial charge is 0.456 e. The highest BCUT2D eigenvalue weighted by Crippen LogP contribution is 2.37. The van der Waals surface area contributed by atoms with Crippen molar-refractivity contribution in [2.45, 2.75) is 0 Å². The molecule has 0 fully saturated rings. The Labute approximate surface area is 208 Å². The summed E-state index contributed by atoms with van der Waals surface area (Å²) in [6, 6.07) is 31.4. The fraction of sp³-hybridized carbons (Fsp3) is 0.0312. The number of hydrogen-bond donors (Lipinski definition) is 0. The predicted molar refractivity (Wildman–Crippen MR) is 151 cm³/mol. The van der Waals surface area contributed by atoms with Crippen LogP contribution in [0.2, 0.25) is 0 Å². The molecule has 6 aromatic rings. The van der Waals surface area contributed by atoms with Gasteiger partial charge in [-0.05, 0) is 42.5 Å². The van der Waals surface area contributed by atoms with Crippen LogP contribution in [-0.2, 0) is 0 Å². The molecule has 1 aliphatic heterocycles. The molecule has 0 amide bonds. The van der Waals surface area contributed by atoms with E-state index in [1.54, 1.807) is 0 Å². The fourth-order valence-electron chi connectivity index (χ4n) is 5.15. The highest BCUT2D eigenvalue weighted by atomic mass is 16.3. The highest BCUT2D eigenvalue weighted by Gasteiger charge is 2.23. The molecule has 4 nitrogen and oxygen atoms in total. The van der Waals surface area contributed by atoms with E-state index in [1.165, 1.54) is 0 Å². The Kier molecular flexibility index (Phi) is 4.64. The lowest BCUT2D eigenvalue weighted by Gasteiger charge is -2.28. The Morgan fingerprint density at radius 3 is 2.36 bits per heavy atom. The molecular formula is C32H23N3O. The van der Waals surface area contributed by atoms with Crippen molar-refractivity contribution in [3.8, 4) is 0 Å². The van der Waals surface area contributed by atoms with Crippen LogP contribution in [-0.4, -0.2) is 17.1 Å². The normalized spacial score (nSPS) is 16.3. The summed E-state index contributed by atoms with van der Waals surface area (Å²) in [4.78, 5) is 7.25. The van der Waals surface area contributed by atoms with Crippen molar-refractivity contribution in [2.24, 2.45) is 4.99 Å². The van der Waals surface area contributed by atoms with Gasteiger partial charge in [0.05, 0.1) is 17.6 Å². The number of aliphatic imine (C=N–C) groups is 1. The van der Waals surface area contributed by atoms with Gasteiger partial charge in [-0.3, -0.25) is 9.47 Å². The van der Waals surface area contributed by atoms with Gasteiger partial charge in [-0.25, -0.2) is 4.99 Å². The number of hydrogen-bond acceptors (Lipinski definition) is 3. The quantitative estimate of drug-likeness (QED) is 0.246. The van der Waals surface area contributed by atoms with E-state index in [-0.39, 0.29) is 0 Å². The van der Waals surface area contributed by atoms with Crippen LogP contribution < -0.4 is 4.90 Å². The average Bonchev–Trinajstić information content (AvgIpc) is 3.46. The van der Waals surface area contributed by atoms with E-state index in [1.807, 2.05) is 48.6 Å². The second-order valence-corrected chi connectivity index (χ2v) is 8.91. The number of fused-ring (bicyclic) bond motifs is 6. The summed E-state index contributed by atoms with van der Waals surface area (Å²) in [5, 5.41) is 4.49. The molecule has 172 valence electrons. The lowest BCUT2D eigenvalue weighted by Crippen LogP contribution is -2.35. The molecule has 0 saturated carbocycles. The number of furan rings is 1. The van der Waals surface area contributed by atoms with Crippen molar-refractivity contribution >= 4 is 55.4 Å². The van der Waals surface area contributed by atoms with Crippen molar-refractivity contribution < 1.29 is 4.42 Å². The molecule has 0 aliphatic carbocycles. The second kappa shape index (κ2) is 8.14. The van der Waals surface area contributed by atoms with E-state index in [2.05, 4.69) is 82.8 Å². The molecule has 2 aromatic heterocycles. The second-order valence-electron chi connectivity index (χ2n) is 8.91. The number of aromatic nitrogens is 1. The summed E-state index contributed by atoms with van der Waals surface area (Å²) < 4.78 is 8.50. The molecule has 0 unspecified atom stereocenters. The standard InChI is InChI=1S/C32H23N3O/c1-22-12-4-3-11-19-33-32(34(22)23-13-5-2-6-14-23)35-28-17-9-7-15-24(28)26-21-31-27(20-29(26)35)25-16-8-10-18-30(25)36-31/h2-18,20-21H,1,19H2/b11-3-,12-4-,33-32?. The Balaban J connectivity index is 1.60. The molecule has 0 spiro atoms. The third kappa shape index (κ3) is 3.12. The van der Waals surface area contributed by atoms with Crippen LogP contribution in [0.4, 0.5) is 5.69 Å². The molecular weight excluding hydrogens is 442 g/mol. The van der Waals surface area contributed by atoms with Crippen LogP contribution in [0.1, 0.15) is 0 Å². The Morgan fingerprint density at radius 1 is 0.694 bits per heavy atom. The Morgan fingerprint density at radius 2 is 1.47 bits per heavy atom. The van der Waals surface area contributed by atoms with Gasteiger partial charge in [-0.2, -0.15) is 0 Å². The van der Waals surface area contributed by atoms with Crippen molar-refractivity contribution in [2.75, 3.05) is 11.4 Å². The van der Waals surface area contributed by atoms with Crippen molar-refractivity contribution in [1.82, 2.24) is 4.57 Å². The minimum atomic E-state index is 0.557. The zero-order valence-corrected chi connectivity index (χ0v) is 19.6. The van der Waals surface area contributed by atoms with Crippen LogP contribution in [0, 0.1) is 0 Å². The van der Waals surface area contributed by atoms with Gasteiger partial charge in [0.2, 0.25) is 5.96 Å². The van der Waals surface area contributed by atoms with Gasteiger partial charge in [-0.15, -0.1) is 0 Å². The summed E-state index contributed by atoms with van der Waals surface area (Å²) in [6.07, 6.45) is 8.13. The number of rotatable bonds is 1. The minimum absolute atomic E-state index is 0.557. The van der Waals surface area contributed by atoms with Crippen molar-refractivity contribution in [1.29, 1.82) is 0 Å². The van der Waals surface area contributed by atoms with Crippen LogP contribution >= 0.6 is 0 Å². The summed E-state index contributed by atoms with van der Waals surface area (Å²) in [7, 11) is 0. The smallest absolute Gasteiger partial charge is 0.215 e. The van der Waals surface area contributed by atoms with E-state index >= 15 is 0 Å². The lowest BCUT2D eigenvalue weighted by atomic mass is 10.1. The first-order chi connectivity index (χ1) is 17.8. The van der Waals surface area contributed by atoms with Gasteiger partial charge < -0.3 is 4.42 Å². The monoisotopic (exact) mass is 465 g/mol. The molecule has 0 atom stereocenters. The number of anilines is 1. The van der Waals surface area contributed by atoms with Gasteiger partial charge in [-0.1, -0.05) is 79.4 Å². The maximum Gasteiger partial charge on any atom is 0.215 e. The topological polar surface area (TPSA) is 33.7 Å². The summed E-state index contributed by atoms with van der Waals surface area (Å²) in [6.45, 7) is 4.97. The van der Waals surface area contributed by atoms with E-state index < -0.39 is 0 Å². The predicted octanol–water partition coefficient (Wildman–Crippen LogP) is 8.04. The zero-order chi connectivity index (χ0) is 24.1. The van der Waals surface area contributed by atoms with Crippen LogP contribution in [0.25, 0.3) is 43.7 Å². The van der Waals surface area contributed by atoms with E-state index in [0.717, 1.165) is 61.1 Å². The zero-order valence-electron chi connectivity index (χ0n) is 19.6. The molecule has 1 aliphatic rings. The highest BCUT2D eigenvalue weighted by molar-refractivity contribution is 6.21. The number of benzene rings is 4. The molecule has 36 heavy (non-hydrogen) atoms. The first kappa shape index (κ1) is 20.5. The first-order valence-electron chi connectivity index (χ1n) is 12.1. The average molecular weight is 466 g/mol. The molecule has 0 radical (unpaired) electrons. The van der Waals surface area contributed by atoms with Crippen molar-refractivity contribution in [3.63, 3.8) is 0 Å². The molecule has 4 heteroatoms. The van der Waals surface area contributed by atoms with Gasteiger partial charge in [0.15, 0.2) is 0 Å². The summed E-state index contributed by atoms with van der Waals surface area (Å²) >= 11 is 0. The summed E-state index contributed by atoms with van der Waals surface area (Å²) in [5.74, 6) is 0.806. The van der Waals surface area contributed by atoms with Gasteiger partial charge in [0.1, 0.15) is 11.2 Å². The first-order valence-corrected chi connectivity index (χ1v) is 12.1. The minimum Gasteiger partial charge on any atom is -0.456 e. The van der Waals surface area contributed by atoms with E-state index in [4.69, 9.17) is 9.41 Å². The molecule has 4 aromatic carbocycles. The number of para-hydroxylation sites is 3. The van der Waals surface area contributed by atoms with E-state index in [0.29, 0.717) is 6.54 Å². The van der Waals surface area contributed by atoms with Crippen molar-refractivity contribution in [3.05, 3.63) is 128 Å². The Bertz CT molecular complexity index is 1880. The molecule has 0 saturated heterocycles. The maximum absolute atomic E-state index is 6.24. The van der Waals surface area contributed by atoms with Gasteiger partial charge in [0.25, 0.3) is 0 Å². The van der Waals surface area contributed by atoms with Gasteiger partial charge in [0, 0.05) is 32.9 Å². The third-order valence-corrected chi connectivity index (χ3v) is 6.75. The SMILES string of the molecule is C=C1/C=C\C=C/CN=C(n2c3ccccc3c3cc4oc5ccccc5c4cc32)N1c1ccccc1. The summed E-state index contributed by atoms with van der Waals surface area (Å²) in [5.41, 5.74) is 5.79. The van der Waals surface area contributed by atoms with E-state index in [9.17, 15) is 0 Å². The molecule has 0 N–H and O–H groups in total. The van der Waals surface area contributed by atoms with Crippen LogP contribution in [0.3, 0.4) is 0 Å². The molecule has 3 heterocycles. The lowest BCUT2D eigenvalue weighted by molar-refractivity contribution is 0.669. The number of allylic oxidation sites excluding steroid dienone is 3. The maximum atomic E-state index is 6.24.